The fraction of sp³-hybridized carbons (Fsp3) is 0.263. The Labute approximate surface area is 157 Å². The van der Waals surface area contributed by atoms with Crippen molar-refractivity contribution in [3.63, 3.8) is 0 Å². The number of nitrogens with one attached hydrogen (secondary N) is 1. The molecule has 7 heteroatoms. The summed E-state index contributed by atoms with van der Waals surface area (Å²) in [5, 5.41) is 4.75. The predicted molar refractivity (Wildman–Crippen MR) is 102 cm³/mol. The summed E-state index contributed by atoms with van der Waals surface area (Å²) in [6.07, 6.45) is 0. The Balaban J connectivity index is 1.97. The van der Waals surface area contributed by atoms with Crippen LogP contribution in [0.15, 0.2) is 41.5 Å². The third kappa shape index (κ3) is 5.13. The van der Waals surface area contributed by atoms with Gasteiger partial charge in [0.05, 0.1) is 19.9 Å². The van der Waals surface area contributed by atoms with Gasteiger partial charge in [-0.25, -0.2) is 5.43 Å². The number of benzene rings is 2. The number of methoxy groups -OCH3 is 2. The zero-order valence-electron chi connectivity index (χ0n) is 15.1. The fourth-order valence-corrected chi connectivity index (χ4v) is 2.31. The van der Waals surface area contributed by atoms with Gasteiger partial charge < -0.3 is 14.2 Å². The lowest BCUT2D eigenvalue weighted by Gasteiger charge is -2.10. The lowest BCUT2D eigenvalue weighted by atomic mass is 10.1. The van der Waals surface area contributed by atoms with E-state index in [1.807, 2.05) is 13.0 Å². The molecule has 2 aromatic carbocycles. The van der Waals surface area contributed by atoms with Gasteiger partial charge in [0.1, 0.15) is 17.2 Å². The Morgan fingerprint density at radius 1 is 1.12 bits per heavy atom. The molecule has 0 bridgehead atoms. The summed E-state index contributed by atoms with van der Waals surface area (Å²) in [4.78, 5) is 11.9. The third-order valence-electron chi connectivity index (χ3n) is 3.65. The zero-order chi connectivity index (χ0) is 19.1. The first-order chi connectivity index (χ1) is 12.4. The van der Waals surface area contributed by atoms with Crippen molar-refractivity contribution in [2.24, 2.45) is 5.10 Å². The minimum Gasteiger partial charge on any atom is -0.497 e. The smallest absolute Gasteiger partial charge is 0.277 e. The van der Waals surface area contributed by atoms with Crippen molar-refractivity contribution in [2.45, 2.75) is 13.8 Å². The second-order valence-corrected chi connectivity index (χ2v) is 5.91. The summed E-state index contributed by atoms with van der Waals surface area (Å²) in [5.41, 5.74) is 4.70. The van der Waals surface area contributed by atoms with E-state index in [0.29, 0.717) is 28.0 Å². The molecule has 0 aliphatic heterocycles. The van der Waals surface area contributed by atoms with Gasteiger partial charge in [0, 0.05) is 16.7 Å². The molecule has 0 aliphatic rings. The van der Waals surface area contributed by atoms with Crippen LogP contribution in [0.2, 0.25) is 5.02 Å². The maximum Gasteiger partial charge on any atom is 0.277 e. The molecule has 0 unspecified atom stereocenters. The number of carbonyl (C=O) groups excluding carboxylic acids is 1. The number of nitrogens with zero attached hydrogens (tertiary/aromatic N) is 1. The van der Waals surface area contributed by atoms with Crippen molar-refractivity contribution in [1.82, 2.24) is 5.43 Å². The van der Waals surface area contributed by atoms with Crippen molar-refractivity contribution in [1.29, 1.82) is 0 Å². The van der Waals surface area contributed by atoms with E-state index in [4.69, 9.17) is 25.8 Å². The molecule has 0 radical (unpaired) electrons. The Bertz CT molecular complexity index is 821. The molecular formula is C19H21ClN2O4. The number of hydrazone groups is 1. The van der Waals surface area contributed by atoms with Gasteiger partial charge in [-0.3, -0.25) is 4.79 Å². The highest BCUT2D eigenvalue weighted by Crippen LogP contribution is 2.25. The maximum atomic E-state index is 11.9. The molecule has 0 aliphatic carbocycles. The first-order valence-corrected chi connectivity index (χ1v) is 8.27. The number of hydrogen-bond donors (Lipinski definition) is 1. The van der Waals surface area contributed by atoms with E-state index >= 15 is 0 Å². The van der Waals surface area contributed by atoms with Crippen molar-refractivity contribution in [3.05, 3.63) is 52.5 Å². The van der Waals surface area contributed by atoms with Crippen LogP contribution in [0.25, 0.3) is 0 Å². The molecular weight excluding hydrogens is 356 g/mol. The highest BCUT2D eigenvalue weighted by molar-refractivity contribution is 6.31. The summed E-state index contributed by atoms with van der Waals surface area (Å²) in [7, 11) is 3.14. The molecule has 0 saturated carbocycles. The second-order valence-electron chi connectivity index (χ2n) is 5.50. The number of carbonyl (C=O) groups is 1. The normalized spacial score (nSPS) is 11.0. The monoisotopic (exact) mass is 376 g/mol. The predicted octanol–water partition coefficient (Wildman–Crippen LogP) is 3.58. The second kappa shape index (κ2) is 9.10. The molecule has 0 atom stereocenters. The molecule has 0 aromatic heterocycles. The first kappa shape index (κ1) is 19.6. The van der Waals surface area contributed by atoms with Crippen LogP contribution in [0.5, 0.6) is 17.2 Å². The van der Waals surface area contributed by atoms with Crippen LogP contribution in [-0.2, 0) is 4.79 Å². The summed E-state index contributed by atoms with van der Waals surface area (Å²) < 4.78 is 15.9. The molecule has 1 N–H and O–H groups in total. The van der Waals surface area contributed by atoms with E-state index in [1.54, 1.807) is 51.5 Å². The van der Waals surface area contributed by atoms with Crippen molar-refractivity contribution >= 4 is 23.2 Å². The van der Waals surface area contributed by atoms with E-state index in [0.717, 1.165) is 11.1 Å². The Kier molecular flexibility index (Phi) is 6.86. The van der Waals surface area contributed by atoms with Gasteiger partial charge in [-0.15, -0.1) is 0 Å². The average molecular weight is 377 g/mol. The summed E-state index contributed by atoms with van der Waals surface area (Å²) in [5.74, 6) is 1.48. The van der Waals surface area contributed by atoms with Crippen LogP contribution in [0.3, 0.4) is 0 Å². The van der Waals surface area contributed by atoms with Gasteiger partial charge in [0.2, 0.25) is 0 Å². The topological polar surface area (TPSA) is 69.2 Å². The minimum atomic E-state index is -0.371. The number of halogens is 1. The van der Waals surface area contributed by atoms with Gasteiger partial charge in [-0.05, 0) is 49.7 Å². The highest BCUT2D eigenvalue weighted by atomic mass is 35.5. The molecule has 0 fully saturated rings. The summed E-state index contributed by atoms with van der Waals surface area (Å²) in [6, 6.07) is 10.6. The van der Waals surface area contributed by atoms with E-state index in [2.05, 4.69) is 10.5 Å². The fourth-order valence-electron chi connectivity index (χ4n) is 2.19. The van der Waals surface area contributed by atoms with Gasteiger partial charge in [0.25, 0.3) is 5.91 Å². The molecule has 0 spiro atoms. The number of hydrogen-bond acceptors (Lipinski definition) is 5. The van der Waals surface area contributed by atoms with Crippen LogP contribution in [-0.4, -0.2) is 32.4 Å². The van der Waals surface area contributed by atoms with Crippen LogP contribution in [0, 0.1) is 6.92 Å². The van der Waals surface area contributed by atoms with E-state index in [-0.39, 0.29) is 12.5 Å². The quantitative estimate of drug-likeness (QED) is 0.592. The van der Waals surface area contributed by atoms with E-state index < -0.39 is 0 Å². The highest BCUT2D eigenvalue weighted by Gasteiger charge is 2.09. The lowest BCUT2D eigenvalue weighted by molar-refractivity contribution is -0.123. The van der Waals surface area contributed by atoms with Gasteiger partial charge in [-0.2, -0.15) is 5.10 Å². The van der Waals surface area contributed by atoms with Crippen LogP contribution in [0.1, 0.15) is 18.1 Å². The van der Waals surface area contributed by atoms with E-state index in [9.17, 15) is 4.79 Å². The number of rotatable bonds is 7. The summed E-state index contributed by atoms with van der Waals surface area (Å²) in [6.45, 7) is 3.48. The third-order valence-corrected chi connectivity index (χ3v) is 4.07. The zero-order valence-corrected chi connectivity index (χ0v) is 15.9. The van der Waals surface area contributed by atoms with Crippen molar-refractivity contribution in [2.75, 3.05) is 20.8 Å². The molecule has 2 aromatic rings. The minimum absolute atomic E-state index is 0.155. The molecule has 0 saturated heterocycles. The Hall–Kier alpha value is -2.73. The van der Waals surface area contributed by atoms with E-state index in [1.165, 1.54) is 0 Å². The van der Waals surface area contributed by atoms with Crippen LogP contribution < -0.4 is 19.6 Å². The Morgan fingerprint density at radius 3 is 2.50 bits per heavy atom. The molecule has 1 amide bonds. The van der Waals surface area contributed by atoms with Gasteiger partial charge >= 0.3 is 0 Å². The summed E-state index contributed by atoms with van der Waals surface area (Å²) >= 11 is 5.96. The van der Waals surface area contributed by atoms with Crippen molar-refractivity contribution in [3.8, 4) is 17.2 Å². The maximum absolute atomic E-state index is 11.9. The number of aryl methyl sites for hydroxylation is 1. The van der Waals surface area contributed by atoms with Gasteiger partial charge in [0.15, 0.2) is 6.61 Å². The van der Waals surface area contributed by atoms with Crippen LogP contribution in [0.4, 0.5) is 0 Å². The molecule has 2 rings (SSSR count). The molecule has 26 heavy (non-hydrogen) atoms. The molecule has 138 valence electrons. The standard InChI is InChI=1S/C19H21ClN2O4/c1-12-9-15(6-8-17(12)20)26-11-19(23)22-21-13(2)16-7-5-14(24-3)10-18(16)25-4/h5-10H,11H2,1-4H3,(H,22,23)/b21-13-. The molecule has 0 heterocycles. The SMILES string of the molecule is COc1ccc(/C(C)=N\NC(=O)COc2ccc(Cl)c(C)c2)c(OC)c1. The van der Waals surface area contributed by atoms with Crippen LogP contribution >= 0.6 is 11.6 Å². The average Bonchev–Trinajstić information content (AvgIpc) is 2.66. The first-order valence-electron chi connectivity index (χ1n) is 7.89. The lowest BCUT2D eigenvalue weighted by Crippen LogP contribution is -2.25. The number of amides is 1. The Morgan fingerprint density at radius 2 is 1.85 bits per heavy atom. The number of ether oxygens (including phenoxy) is 3. The largest absolute Gasteiger partial charge is 0.497 e. The van der Waals surface area contributed by atoms with Gasteiger partial charge in [-0.1, -0.05) is 11.6 Å². The van der Waals surface area contributed by atoms with Crippen molar-refractivity contribution < 1.29 is 19.0 Å². The molecule has 6 nitrogen and oxygen atoms in total.